The lowest BCUT2D eigenvalue weighted by molar-refractivity contribution is -0.119. The van der Waals surface area contributed by atoms with Crippen LogP contribution in [0.5, 0.6) is 0 Å². The molecule has 1 saturated carbocycles. The molecule has 0 radical (unpaired) electrons. The molecule has 1 atom stereocenters. The minimum atomic E-state index is -0.768. The summed E-state index contributed by atoms with van der Waals surface area (Å²) in [5.41, 5.74) is 0.965. The maximum absolute atomic E-state index is 12.0. The summed E-state index contributed by atoms with van der Waals surface area (Å²) in [6.07, 6.45) is 1.44. The van der Waals surface area contributed by atoms with E-state index in [1.54, 1.807) is 6.92 Å². The molecule has 0 saturated heterocycles. The summed E-state index contributed by atoms with van der Waals surface area (Å²) in [5.74, 6) is 0.915. The number of rotatable bonds is 5. The molecule has 1 aliphatic carbocycles. The van der Waals surface area contributed by atoms with Gasteiger partial charge in [-0.15, -0.1) is 10.2 Å². The number of para-hydroxylation sites is 1. The average molecular weight is 346 g/mol. The molecule has 1 aliphatic rings. The van der Waals surface area contributed by atoms with Crippen molar-refractivity contribution < 1.29 is 14.3 Å². The number of aromatic nitrogens is 3. The van der Waals surface area contributed by atoms with Crippen molar-refractivity contribution in [1.82, 2.24) is 20.1 Å². The number of thioether (sulfide) groups is 1. The van der Waals surface area contributed by atoms with E-state index in [2.05, 4.69) is 20.3 Å². The molecule has 7 nitrogen and oxygen atoms in total. The van der Waals surface area contributed by atoms with Crippen LogP contribution in [0.3, 0.4) is 0 Å². The Bertz CT molecular complexity index is 743. The van der Waals surface area contributed by atoms with Crippen LogP contribution >= 0.6 is 11.8 Å². The summed E-state index contributed by atoms with van der Waals surface area (Å²) >= 11 is 1.26. The van der Waals surface area contributed by atoms with E-state index >= 15 is 0 Å². The average Bonchev–Trinajstić information content (AvgIpc) is 3.36. The van der Waals surface area contributed by atoms with Crippen molar-refractivity contribution in [1.29, 1.82) is 0 Å². The van der Waals surface area contributed by atoms with Crippen LogP contribution in [0.2, 0.25) is 0 Å². The van der Waals surface area contributed by atoms with Gasteiger partial charge >= 0.3 is 6.09 Å². The van der Waals surface area contributed by atoms with Gasteiger partial charge in [0, 0.05) is 11.6 Å². The molecule has 3 rings (SSSR count). The third-order valence-corrected chi connectivity index (χ3v) is 4.72. The molecule has 0 bridgehead atoms. The fourth-order valence-corrected chi connectivity index (χ4v) is 3.12. The summed E-state index contributed by atoms with van der Waals surface area (Å²) in [4.78, 5) is 23.2. The van der Waals surface area contributed by atoms with Crippen LogP contribution < -0.4 is 5.32 Å². The predicted octanol–water partition coefficient (Wildman–Crippen LogP) is 2.51. The Morgan fingerprint density at radius 2 is 2.00 bits per heavy atom. The maximum Gasteiger partial charge on any atom is 0.413 e. The molecule has 24 heavy (non-hydrogen) atoms. The topological polar surface area (TPSA) is 86.1 Å². The number of hydrogen-bond acceptors (Lipinski definition) is 6. The first-order valence-electron chi connectivity index (χ1n) is 7.66. The van der Waals surface area contributed by atoms with Crippen LogP contribution in [-0.2, 0) is 9.53 Å². The van der Waals surface area contributed by atoms with E-state index in [1.807, 2.05) is 34.9 Å². The number of methoxy groups -OCH3 is 1. The van der Waals surface area contributed by atoms with Crippen molar-refractivity contribution in [2.45, 2.75) is 36.1 Å². The Labute approximate surface area is 143 Å². The molecule has 2 amide bonds. The van der Waals surface area contributed by atoms with Crippen molar-refractivity contribution >= 4 is 23.8 Å². The molecular formula is C16H18N4O3S. The summed E-state index contributed by atoms with van der Waals surface area (Å²) < 4.78 is 6.44. The number of carbonyl (C=O) groups excluding carboxylic acids is 2. The minimum Gasteiger partial charge on any atom is -0.453 e. The molecule has 0 spiro atoms. The van der Waals surface area contributed by atoms with E-state index in [4.69, 9.17) is 0 Å². The van der Waals surface area contributed by atoms with Gasteiger partial charge in [-0.1, -0.05) is 30.0 Å². The van der Waals surface area contributed by atoms with Crippen molar-refractivity contribution in [3.63, 3.8) is 0 Å². The highest BCUT2D eigenvalue weighted by Gasteiger charge is 2.32. The van der Waals surface area contributed by atoms with E-state index in [9.17, 15) is 9.59 Å². The first-order valence-corrected chi connectivity index (χ1v) is 8.54. The van der Waals surface area contributed by atoms with E-state index in [-0.39, 0.29) is 0 Å². The molecule has 1 heterocycles. The first kappa shape index (κ1) is 16.5. The van der Waals surface area contributed by atoms with Crippen LogP contribution in [-0.4, -0.2) is 39.1 Å². The molecule has 1 aromatic carbocycles. The summed E-state index contributed by atoms with van der Waals surface area (Å²) in [6, 6.07) is 9.82. The number of benzene rings is 1. The molecule has 1 aromatic heterocycles. The Balaban J connectivity index is 1.83. The predicted molar refractivity (Wildman–Crippen MR) is 89.2 cm³/mol. The van der Waals surface area contributed by atoms with E-state index in [1.165, 1.54) is 18.9 Å². The van der Waals surface area contributed by atoms with Gasteiger partial charge in [0.05, 0.1) is 12.4 Å². The van der Waals surface area contributed by atoms with Gasteiger partial charge in [-0.2, -0.15) is 0 Å². The standard InChI is InChI=1S/C16H18N4O3S/c1-10(14(21)17-16(22)23-2)24-15-19-18-13(11-8-9-11)20(15)12-6-4-3-5-7-12/h3-7,10-11H,8-9H2,1-2H3,(H,17,21,22)/t10-/m0/s1. The SMILES string of the molecule is COC(=O)NC(=O)[C@H](C)Sc1nnc(C2CC2)n1-c1ccccc1. The number of nitrogens with zero attached hydrogens (tertiary/aromatic N) is 3. The zero-order chi connectivity index (χ0) is 17.1. The van der Waals surface area contributed by atoms with Crippen molar-refractivity contribution in [2.75, 3.05) is 7.11 Å². The lowest BCUT2D eigenvalue weighted by atomic mass is 10.3. The van der Waals surface area contributed by atoms with Gasteiger partial charge in [-0.3, -0.25) is 14.7 Å². The van der Waals surface area contributed by atoms with Crippen molar-refractivity contribution in [3.05, 3.63) is 36.2 Å². The van der Waals surface area contributed by atoms with Gasteiger partial charge in [0.2, 0.25) is 5.91 Å². The molecule has 1 fully saturated rings. The monoisotopic (exact) mass is 346 g/mol. The summed E-state index contributed by atoms with van der Waals surface area (Å²) in [5, 5.41) is 10.9. The summed E-state index contributed by atoms with van der Waals surface area (Å²) in [7, 11) is 1.22. The molecule has 126 valence electrons. The second-order valence-corrected chi connectivity index (χ2v) is 6.83. The fourth-order valence-electron chi connectivity index (χ4n) is 2.25. The quantitative estimate of drug-likeness (QED) is 0.837. The highest BCUT2D eigenvalue weighted by Crippen LogP contribution is 2.41. The molecule has 2 aromatic rings. The zero-order valence-corrected chi connectivity index (χ0v) is 14.2. The number of imide groups is 1. The smallest absolute Gasteiger partial charge is 0.413 e. The Morgan fingerprint density at radius 3 is 2.62 bits per heavy atom. The van der Waals surface area contributed by atoms with Crippen molar-refractivity contribution in [2.24, 2.45) is 0 Å². The van der Waals surface area contributed by atoms with Crippen LogP contribution in [0.1, 0.15) is 31.5 Å². The Morgan fingerprint density at radius 1 is 1.29 bits per heavy atom. The zero-order valence-electron chi connectivity index (χ0n) is 13.4. The van der Waals surface area contributed by atoms with Crippen LogP contribution in [0.15, 0.2) is 35.5 Å². The highest BCUT2D eigenvalue weighted by molar-refractivity contribution is 8.00. The van der Waals surface area contributed by atoms with Gasteiger partial charge in [0.15, 0.2) is 5.16 Å². The third-order valence-electron chi connectivity index (χ3n) is 3.68. The molecule has 8 heteroatoms. The number of ether oxygens (including phenoxy) is 1. The fraction of sp³-hybridized carbons (Fsp3) is 0.375. The van der Waals surface area contributed by atoms with E-state index in [0.717, 1.165) is 24.4 Å². The summed E-state index contributed by atoms with van der Waals surface area (Å²) in [6.45, 7) is 1.71. The first-order chi connectivity index (χ1) is 11.6. The highest BCUT2D eigenvalue weighted by atomic mass is 32.2. The van der Waals surface area contributed by atoms with Gasteiger partial charge in [0.1, 0.15) is 5.82 Å². The van der Waals surface area contributed by atoms with Crippen LogP contribution in [0, 0.1) is 0 Å². The number of nitrogens with one attached hydrogen (secondary N) is 1. The molecule has 0 aliphatic heterocycles. The Hall–Kier alpha value is -2.35. The van der Waals surface area contributed by atoms with Gasteiger partial charge in [-0.05, 0) is 31.9 Å². The van der Waals surface area contributed by atoms with Crippen molar-refractivity contribution in [3.8, 4) is 5.69 Å². The van der Waals surface area contributed by atoms with Gasteiger partial charge in [0.25, 0.3) is 0 Å². The third kappa shape index (κ3) is 3.59. The Kier molecular flexibility index (Phi) is 4.84. The number of hydrogen-bond donors (Lipinski definition) is 1. The molecule has 1 N–H and O–H groups in total. The van der Waals surface area contributed by atoms with Crippen LogP contribution in [0.4, 0.5) is 4.79 Å². The second-order valence-electron chi connectivity index (χ2n) is 5.53. The van der Waals surface area contributed by atoms with E-state index in [0.29, 0.717) is 11.1 Å². The van der Waals surface area contributed by atoms with Gasteiger partial charge in [-0.25, -0.2) is 4.79 Å². The number of alkyl carbamates (subject to hydrolysis) is 1. The largest absolute Gasteiger partial charge is 0.453 e. The normalized spacial score (nSPS) is 14.9. The lowest BCUT2D eigenvalue weighted by Crippen LogP contribution is -2.36. The second kappa shape index (κ2) is 7.04. The maximum atomic E-state index is 12.0. The minimum absolute atomic E-state index is 0.422. The van der Waals surface area contributed by atoms with Gasteiger partial charge < -0.3 is 4.74 Å². The number of amides is 2. The van der Waals surface area contributed by atoms with Crippen LogP contribution in [0.25, 0.3) is 5.69 Å². The number of carbonyl (C=O) groups is 2. The molecular weight excluding hydrogens is 328 g/mol. The lowest BCUT2D eigenvalue weighted by Gasteiger charge is -2.13. The van der Waals surface area contributed by atoms with E-state index < -0.39 is 17.3 Å². The molecule has 0 unspecified atom stereocenters.